The molecule has 0 radical (unpaired) electrons. The molecule has 0 fully saturated rings. The second kappa shape index (κ2) is 10.5. The van der Waals surface area contributed by atoms with Crippen molar-refractivity contribution in [2.75, 3.05) is 25.1 Å². The average molecular weight is 388 g/mol. The number of carbonyl (C=O) groups is 2. The summed E-state index contributed by atoms with van der Waals surface area (Å²) < 4.78 is 15.8. The summed E-state index contributed by atoms with van der Waals surface area (Å²) in [6, 6.07) is 12.7. The van der Waals surface area contributed by atoms with E-state index in [9.17, 15) is 19.7 Å². The third-order valence-corrected chi connectivity index (χ3v) is 3.45. The number of nitro benzene ring substituents is 1. The highest BCUT2D eigenvalue weighted by atomic mass is 16.6. The lowest BCUT2D eigenvalue weighted by molar-refractivity contribution is -0.383. The molecule has 0 aliphatic rings. The second-order valence-corrected chi connectivity index (χ2v) is 5.46. The maximum absolute atomic E-state index is 11.8. The molecule has 9 nitrogen and oxygen atoms in total. The van der Waals surface area contributed by atoms with E-state index < -0.39 is 23.4 Å². The fraction of sp³-hybridized carbons (Fsp3) is 0.263. The number of esters is 1. The van der Waals surface area contributed by atoms with Gasteiger partial charge >= 0.3 is 5.97 Å². The average Bonchev–Trinajstić information content (AvgIpc) is 2.68. The Hall–Kier alpha value is -3.62. The largest absolute Gasteiger partial charge is 0.490 e. The Morgan fingerprint density at radius 3 is 2.36 bits per heavy atom. The fourth-order valence-electron chi connectivity index (χ4n) is 2.23. The van der Waals surface area contributed by atoms with Crippen molar-refractivity contribution >= 4 is 23.3 Å². The van der Waals surface area contributed by atoms with Gasteiger partial charge in [0.25, 0.3) is 11.6 Å². The molecule has 2 rings (SSSR count). The van der Waals surface area contributed by atoms with Crippen LogP contribution in [0.5, 0.6) is 11.5 Å². The topological polar surface area (TPSA) is 117 Å². The first kappa shape index (κ1) is 20.7. The van der Waals surface area contributed by atoms with Gasteiger partial charge in [-0.1, -0.05) is 24.3 Å². The molecule has 1 N–H and O–H groups in total. The number of anilines is 1. The molecule has 1 amide bonds. The van der Waals surface area contributed by atoms with Crippen molar-refractivity contribution in [3.8, 4) is 11.5 Å². The van der Waals surface area contributed by atoms with Gasteiger partial charge in [0, 0.05) is 6.07 Å². The summed E-state index contributed by atoms with van der Waals surface area (Å²) in [5.41, 5.74) is -0.215. The molecule has 148 valence electrons. The van der Waals surface area contributed by atoms with Gasteiger partial charge in [-0.25, -0.2) is 0 Å². The number of hydrogen-bond acceptors (Lipinski definition) is 7. The van der Waals surface area contributed by atoms with E-state index in [-0.39, 0.29) is 24.4 Å². The Labute approximate surface area is 161 Å². The summed E-state index contributed by atoms with van der Waals surface area (Å²) in [5.74, 6) is -0.231. The number of ether oxygens (including phenoxy) is 3. The van der Waals surface area contributed by atoms with Gasteiger partial charge in [0.1, 0.15) is 5.69 Å². The lowest BCUT2D eigenvalue weighted by Gasteiger charge is -2.11. The summed E-state index contributed by atoms with van der Waals surface area (Å²) in [7, 11) is 0. The van der Waals surface area contributed by atoms with Crippen molar-refractivity contribution < 1.29 is 28.7 Å². The fourth-order valence-corrected chi connectivity index (χ4v) is 2.23. The van der Waals surface area contributed by atoms with E-state index >= 15 is 0 Å². The summed E-state index contributed by atoms with van der Waals surface area (Å²) in [5, 5.41) is 13.3. The maximum atomic E-state index is 11.8. The van der Waals surface area contributed by atoms with Gasteiger partial charge in [0.2, 0.25) is 0 Å². The quantitative estimate of drug-likeness (QED) is 0.378. The van der Waals surface area contributed by atoms with Gasteiger partial charge in [-0.2, -0.15) is 0 Å². The number of para-hydroxylation sites is 4. The van der Waals surface area contributed by atoms with Gasteiger partial charge in [-0.3, -0.25) is 19.7 Å². The molecule has 0 saturated carbocycles. The Kier molecular flexibility index (Phi) is 7.77. The minimum absolute atomic E-state index is 0.0319. The predicted octanol–water partition coefficient (Wildman–Crippen LogP) is 2.94. The van der Waals surface area contributed by atoms with Crippen LogP contribution in [0.1, 0.15) is 13.3 Å². The van der Waals surface area contributed by atoms with Crippen molar-refractivity contribution in [1.82, 2.24) is 0 Å². The molecule has 0 heterocycles. The first-order valence-electron chi connectivity index (χ1n) is 8.54. The number of nitrogens with zero attached hydrogens (tertiary/aromatic N) is 1. The number of hydrogen-bond donors (Lipinski definition) is 1. The monoisotopic (exact) mass is 388 g/mol. The summed E-state index contributed by atoms with van der Waals surface area (Å²) in [6.45, 7) is 1.83. The smallest absolute Gasteiger partial charge is 0.309 e. The zero-order valence-corrected chi connectivity index (χ0v) is 15.3. The zero-order valence-electron chi connectivity index (χ0n) is 15.3. The highest BCUT2D eigenvalue weighted by Gasteiger charge is 2.16. The lowest BCUT2D eigenvalue weighted by Crippen LogP contribution is -2.22. The van der Waals surface area contributed by atoms with Crippen molar-refractivity contribution in [2.45, 2.75) is 13.3 Å². The van der Waals surface area contributed by atoms with E-state index in [0.29, 0.717) is 18.1 Å². The highest BCUT2D eigenvalue weighted by molar-refractivity contribution is 5.94. The number of benzene rings is 2. The van der Waals surface area contributed by atoms with E-state index in [2.05, 4.69) is 5.32 Å². The maximum Gasteiger partial charge on any atom is 0.309 e. The number of carbonyl (C=O) groups excluding carboxylic acids is 2. The molecule has 0 atom stereocenters. The first-order valence-corrected chi connectivity index (χ1v) is 8.54. The van der Waals surface area contributed by atoms with Crippen molar-refractivity contribution in [3.63, 3.8) is 0 Å². The summed E-state index contributed by atoms with van der Waals surface area (Å²) >= 11 is 0. The SMILES string of the molecule is CCOc1ccccc1OCCC(=O)OCC(=O)Nc1ccccc1[N+](=O)[O-]. The molecule has 0 aliphatic carbocycles. The molecule has 2 aromatic rings. The van der Waals surface area contributed by atoms with Crippen molar-refractivity contribution in [2.24, 2.45) is 0 Å². The van der Waals surface area contributed by atoms with Crippen LogP contribution in [0.15, 0.2) is 48.5 Å². The van der Waals surface area contributed by atoms with Gasteiger partial charge < -0.3 is 19.5 Å². The first-order chi connectivity index (χ1) is 13.5. The molecular formula is C19H20N2O7. The normalized spacial score (nSPS) is 10.0. The minimum Gasteiger partial charge on any atom is -0.490 e. The molecule has 28 heavy (non-hydrogen) atoms. The Balaban J connectivity index is 1.76. The third-order valence-electron chi connectivity index (χ3n) is 3.45. The van der Waals surface area contributed by atoms with Crippen LogP contribution in [0.25, 0.3) is 0 Å². The van der Waals surface area contributed by atoms with Crippen LogP contribution in [0.2, 0.25) is 0 Å². The van der Waals surface area contributed by atoms with Crippen LogP contribution in [-0.4, -0.2) is 36.6 Å². The molecular weight excluding hydrogens is 368 g/mol. The van der Waals surface area contributed by atoms with Crippen molar-refractivity contribution in [3.05, 3.63) is 58.6 Å². The van der Waals surface area contributed by atoms with Gasteiger partial charge in [-0.05, 0) is 25.1 Å². The summed E-state index contributed by atoms with van der Waals surface area (Å²) in [6.07, 6.45) is -0.0702. The van der Waals surface area contributed by atoms with Crippen LogP contribution in [-0.2, 0) is 14.3 Å². The van der Waals surface area contributed by atoms with E-state index in [1.165, 1.54) is 18.2 Å². The van der Waals surface area contributed by atoms with Crippen LogP contribution < -0.4 is 14.8 Å². The van der Waals surface area contributed by atoms with E-state index in [4.69, 9.17) is 14.2 Å². The minimum atomic E-state index is -0.676. The van der Waals surface area contributed by atoms with E-state index in [1.54, 1.807) is 24.3 Å². The molecule has 2 aromatic carbocycles. The molecule has 0 aliphatic heterocycles. The van der Waals surface area contributed by atoms with E-state index in [1.807, 2.05) is 13.0 Å². The molecule has 9 heteroatoms. The molecule has 0 spiro atoms. The number of nitro groups is 1. The van der Waals surface area contributed by atoms with Crippen LogP contribution in [0.3, 0.4) is 0 Å². The number of rotatable bonds is 10. The highest BCUT2D eigenvalue weighted by Crippen LogP contribution is 2.26. The van der Waals surface area contributed by atoms with Crippen LogP contribution >= 0.6 is 0 Å². The lowest BCUT2D eigenvalue weighted by atomic mass is 10.2. The molecule has 0 bridgehead atoms. The van der Waals surface area contributed by atoms with Gasteiger partial charge in [0.05, 0.1) is 24.6 Å². The number of amides is 1. The third kappa shape index (κ3) is 6.27. The van der Waals surface area contributed by atoms with E-state index in [0.717, 1.165) is 0 Å². The van der Waals surface area contributed by atoms with Gasteiger partial charge in [0.15, 0.2) is 18.1 Å². The zero-order chi connectivity index (χ0) is 20.4. The Morgan fingerprint density at radius 2 is 1.68 bits per heavy atom. The molecule has 0 aromatic heterocycles. The van der Waals surface area contributed by atoms with Gasteiger partial charge in [-0.15, -0.1) is 0 Å². The number of nitrogens with one attached hydrogen (secondary N) is 1. The van der Waals surface area contributed by atoms with Crippen LogP contribution in [0.4, 0.5) is 11.4 Å². The van der Waals surface area contributed by atoms with Crippen molar-refractivity contribution in [1.29, 1.82) is 0 Å². The molecule has 0 saturated heterocycles. The Morgan fingerprint density at radius 1 is 1.04 bits per heavy atom. The molecule has 0 unspecified atom stereocenters. The second-order valence-electron chi connectivity index (χ2n) is 5.46. The van der Waals surface area contributed by atoms with Crippen LogP contribution in [0, 0.1) is 10.1 Å². The predicted molar refractivity (Wildman–Crippen MR) is 100 cm³/mol. The summed E-state index contributed by atoms with van der Waals surface area (Å²) in [4.78, 5) is 33.9. The standard InChI is InChI=1S/C19H20N2O7/c1-2-26-16-9-5-6-10-17(16)27-12-11-19(23)28-13-18(22)20-14-7-3-4-8-15(14)21(24)25/h3-10H,2,11-13H2,1H3,(H,20,22). The Bertz CT molecular complexity index is 839.